The van der Waals surface area contributed by atoms with Crippen LogP contribution in [0.25, 0.3) is 0 Å². The number of anilines is 1. The first-order valence-corrected chi connectivity index (χ1v) is 8.07. The largest absolute Gasteiger partial charge is 0.479 e. The summed E-state index contributed by atoms with van der Waals surface area (Å²) in [5.41, 5.74) is 1.07. The fourth-order valence-corrected chi connectivity index (χ4v) is 2.78. The molecule has 2 unspecified atom stereocenters. The van der Waals surface area contributed by atoms with E-state index in [0.717, 1.165) is 31.2 Å². The van der Waals surface area contributed by atoms with Crippen molar-refractivity contribution in [1.82, 2.24) is 10.3 Å². The van der Waals surface area contributed by atoms with Gasteiger partial charge in [-0.1, -0.05) is 23.2 Å². The Balaban J connectivity index is 0.000000199. The molecule has 3 heterocycles. The number of fused-ring (bicyclic) bond motifs is 1. The van der Waals surface area contributed by atoms with Gasteiger partial charge in [-0.15, -0.1) is 0 Å². The van der Waals surface area contributed by atoms with E-state index < -0.39 is 24.1 Å². The number of hydrogen-bond acceptors (Lipinski definition) is 7. The number of carbonyl (C=O) groups is 2. The third kappa shape index (κ3) is 4.71. The standard InChI is InChI=1S/C10H11Cl2N3.C4H6O6/c11-8-1-7(3-14-10(8)12)15-4-6-2-13-9(6)5-15;5-1(3(7)8)2(6)4(9)10/h1,3,6,9,13H,2,4-5H2;1-2,5-6H,(H,7,8)(H,9,10)/t6-,9+;/m0./s1. The van der Waals surface area contributed by atoms with Crippen LogP contribution in [-0.2, 0) is 9.59 Å². The quantitative estimate of drug-likeness (QED) is 0.434. The lowest BCUT2D eigenvalue weighted by atomic mass is 9.96. The molecule has 0 saturated carbocycles. The molecule has 0 radical (unpaired) electrons. The highest BCUT2D eigenvalue weighted by molar-refractivity contribution is 6.41. The monoisotopic (exact) mass is 393 g/mol. The van der Waals surface area contributed by atoms with Gasteiger partial charge in [-0.2, -0.15) is 0 Å². The van der Waals surface area contributed by atoms with Crippen molar-refractivity contribution in [1.29, 1.82) is 0 Å². The van der Waals surface area contributed by atoms with Crippen LogP contribution in [0.3, 0.4) is 0 Å². The van der Waals surface area contributed by atoms with E-state index in [4.69, 9.17) is 43.6 Å². The Kier molecular flexibility index (Phi) is 6.42. The van der Waals surface area contributed by atoms with E-state index in [9.17, 15) is 9.59 Å². The molecule has 2 fully saturated rings. The van der Waals surface area contributed by atoms with Crippen molar-refractivity contribution in [3.05, 3.63) is 22.4 Å². The van der Waals surface area contributed by atoms with Crippen molar-refractivity contribution in [3.8, 4) is 0 Å². The zero-order valence-electron chi connectivity index (χ0n) is 12.8. The Morgan fingerprint density at radius 3 is 2.16 bits per heavy atom. The van der Waals surface area contributed by atoms with Gasteiger partial charge >= 0.3 is 11.9 Å². The third-order valence-electron chi connectivity index (χ3n) is 4.04. The number of carboxylic acids is 2. The number of pyridine rings is 1. The summed E-state index contributed by atoms with van der Waals surface area (Å²) in [6.07, 6.45) is -2.74. The number of aromatic nitrogens is 1. The van der Waals surface area contributed by atoms with Gasteiger partial charge in [0.25, 0.3) is 0 Å². The van der Waals surface area contributed by atoms with Gasteiger partial charge in [-0.05, 0) is 6.07 Å². The second-order valence-electron chi connectivity index (χ2n) is 5.71. The fourth-order valence-electron chi connectivity index (χ4n) is 2.52. The molecule has 2 saturated heterocycles. The summed E-state index contributed by atoms with van der Waals surface area (Å²) in [6.45, 7) is 3.28. The summed E-state index contributed by atoms with van der Waals surface area (Å²) in [5, 5.41) is 36.8. The molecule has 0 amide bonds. The second kappa shape index (κ2) is 8.15. The zero-order chi connectivity index (χ0) is 18.7. The van der Waals surface area contributed by atoms with Crippen molar-refractivity contribution in [3.63, 3.8) is 0 Å². The summed E-state index contributed by atoms with van der Waals surface area (Å²) < 4.78 is 0. The van der Waals surface area contributed by atoms with E-state index in [1.165, 1.54) is 0 Å². The van der Waals surface area contributed by atoms with E-state index in [1.54, 1.807) is 6.20 Å². The number of aliphatic hydroxyl groups is 2. The third-order valence-corrected chi connectivity index (χ3v) is 4.72. The van der Waals surface area contributed by atoms with Crippen LogP contribution < -0.4 is 10.2 Å². The molecule has 9 nitrogen and oxygen atoms in total. The lowest BCUT2D eigenvalue weighted by Gasteiger charge is -2.29. The van der Waals surface area contributed by atoms with Crippen LogP contribution in [0.1, 0.15) is 0 Å². The Hall–Kier alpha value is -1.65. The van der Waals surface area contributed by atoms with E-state index in [0.29, 0.717) is 16.2 Å². The maximum atomic E-state index is 9.77. The highest BCUT2D eigenvalue weighted by atomic mass is 35.5. The zero-order valence-corrected chi connectivity index (χ0v) is 14.4. The average molecular weight is 394 g/mol. The number of aliphatic hydroxyl groups excluding tert-OH is 2. The predicted octanol–water partition coefficient (Wildman–Crippen LogP) is -0.326. The molecular formula is C14H17Cl2N3O6. The van der Waals surface area contributed by atoms with E-state index >= 15 is 0 Å². The number of nitrogens with one attached hydrogen (secondary N) is 1. The first-order valence-electron chi connectivity index (χ1n) is 7.31. The second-order valence-corrected chi connectivity index (χ2v) is 6.48. The van der Waals surface area contributed by atoms with Crippen LogP contribution in [0.5, 0.6) is 0 Å². The first kappa shape index (κ1) is 19.7. The number of nitrogens with zero attached hydrogens (tertiary/aromatic N) is 2. The van der Waals surface area contributed by atoms with Crippen LogP contribution in [-0.4, -0.2) is 75.2 Å². The molecule has 138 valence electrons. The normalized spacial score (nSPS) is 23.6. The molecule has 25 heavy (non-hydrogen) atoms. The maximum Gasteiger partial charge on any atom is 0.335 e. The summed E-state index contributed by atoms with van der Waals surface area (Å²) in [4.78, 5) is 25.9. The molecule has 11 heteroatoms. The molecule has 5 N–H and O–H groups in total. The summed E-state index contributed by atoms with van der Waals surface area (Å²) in [7, 11) is 0. The topological polar surface area (TPSA) is 143 Å². The van der Waals surface area contributed by atoms with E-state index in [-0.39, 0.29) is 0 Å². The SMILES string of the molecule is Clc1cc(N2C[C@@H]3CN[C@@H]3C2)cnc1Cl.O=C(O)C(O)C(O)C(=O)O. The highest BCUT2D eigenvalue weighted by Gasteiger charge is 2.39. The minimum atomic E-state index is -2.27. The lowest BCUT2D eigenvalue weighted by molar-refractivity contribution is -0.165. The molecule has 2 aliphatic heterocycles. The number of halogens is 2. The fraction of sp³-hybridized carbons (Fsp3) is 0.500. The molecule has 3 rings (SSSR count). The molecule has 0 bridgehead atoms. The number of hydrogen-bond donors (Lipinski definition) is 5. The Bertz CT molecular complexity index is 631. The number of carboxylic acid groups (broad SMARTS) is 2. The summed E-state index contributed by atoms with van der Waals surface area (Å²) in [6, 6.07) is 2.54. The molecule has 0 aromatic carbocycles. The van der Waals surface area contributed by atoms with Crippen molar-refractivity contribution < 1.29 is 30.0 Å². The van der Waals surface area contributed by atoms with Gasteiger partial charge in [0, 0.05) is 31.6 Å². The molecule has 1 aromatic heterocycles. The van der Waals surface area contributed by atoms with Gasteiger partial charge in [0.2, 0.25) is 0 Å². The van der Waals surface area contributed by atoms with Gasteiger partial charge in [0.05, 0.1) is 16.9 Å². The average Bonchev–Trinajstić information content (AvgIpc) is 2.84. The summed E-state index contributed by atoms with van der Waals surface area (Å²) in [5.74, 6) is -2.75. The molecular weight excluding hydrogens is 377 g/mol. The minimum absolute atomic E-state index is 0.376. The van der Waals surface area contributed by atoms with Crippen LogP contribution in [0, 0.1) is 5.92 Å². The number of aliphatic carboxylic acids is 2. The van der Waals surface area contributed by atoms with Crippen LogP contribution in [0.15, 0.2) is 12.3 Å². The smallest absolute Gasteiger partial charge is 0.335 e. The van der Waals surface area contributed by atoms with Gasteiger partial charge in [0.15, 0.2) is 12.2 Å². The van der Waals surface area contributed by atoms with Gasteiger partial charge in [-0.3, -0.25) is 0 Å². The van der Waals surface area contributed by atoms with E-state index in [1.807, 2.05) is 6.07 Å². The number of rotatable bonds is 4. The Morgan fingerprint density at radius 1 is 1.20 bits per heavy atom. The Morgan fingerprint density at radius 2 is 1.80 bits per heavy atom. The molecule has 0 spiro atoms. The maximum absolute atomic E-state index is 9.77. The molecule has 2 aliphatic rings. The Labute approximate surface area is 152 Å². The molecule has 0 aliphatic carbocycles. The first-order chi connectivity index (χ1) is 11.7. The van der Waals surface area contributed by atoms with Crippen molar-refractivity contribution >= 4 is 40.8 Å². The lowest BCUT2D eigenvalue weighted by Crippen LogP contribution is -2.51. The molecule has 1 aromatic rings. The predicted molar refractivity (Wildman–Crippen MR) is 89.0 cm³/mol. The molecule has 4 atom stereocenters. The van der Waals surface area contributed by atoms with Crippen LogP contribution in [0.2, 0.25) is 10.2 Å². The van der Waals surface area contributed by atoms with Gasteiger partial charge in [-0.25, -0.2) is 14.6 Å². The minimum Gasteiger partial charge on any atom is -0.479 e. The van der Waals surface area contributed by atoms with Crippen LogP contribution in [0.4, 0.5) is 5.69 Å². The van der Waals surface area contributed by atoms with Crippen molar-refractivity contribution in [2.45, 2.75) is 18.2 Å². The van der Waals surface area contributed by atoms with Gasteiger partial charge < -0.3 is 30.6 Å². The van der Waals surface area contributed by atoms with Crippen LogP contribution >= 0.6 is 23.2 Å². The van der Waals surface area contributed by atoms with Gasteiger partial charge in [0.1, 0.15) is 5.15 Å². The van der Waals surface area contributed by atoms with E-state index in [2.05, 4.69) is 15.2 Å². The van der Waals surface area contributed by atoms with Crippen molar-refractivity contribution in [2.24, 2.45) is 5.92 Å². The summed E-state index contributed by atoms with van der Waals surface area (Å²) >= 11 is 11.7. The highest BCUT2D eigenvalue weighted by Crippen LogP contribution is 2.30. The van der Waals surface area contributed by atoms with Crippen molar-refractivity contribution in [2.75, 3.05) is 24.5 Å².